The molecule has 124 valence electrons. The Morgan fingerprint density at radius 3 is 2.22 bits per heavy atom. The highest BCUT2D eigenvalue weighted by atomic mass is 35.5. The number of hydrogen-bond acceptors (Lipinski definition) is 4. The van der Waals surface area contributed by atoms with Crippen molar-refractivity contribution in [3.63, 3.8) is 0 Å². The third-order valence-corrected chi connectivity index (χ3v) is 4.03. The number of hydrogen-bond donors (Lipinski definition) is 1. The summed E-state index contributed by atoms with van der Waals surface area (Å²) in [6.07, 6.45) is 0. The van der Waals surface area contributed by atoms with Gasteiger partial charge >= 0.3 is 0 Å². The molecule has 0 amide bonds. The van der Waals surface area contributed by atoms with Crippen LogP contribution in [0.4, 0.5) is 11.4 Å². The molecule has 4 nitrogen and oxygen atoms in total. The number of nitrogens with zero attached hydrogens (tertiary/aromatic N) is 1. The Hall–Kier alpha value is -1.75. The van der Waals surface area contributed by atoms with Crippen LogP contribution in [-0.2, 0) is 9.47 Å². The molecule has 2 N–H and O–H groups in total. The van der Waals surface area contributed by atoms with Crippen molar-refractivity contribution in [2.75, 3.05) is 51.2 Å². The molecule has 0 aliphatic carbocycles. The largest absolute Gasteiger partial charge is 0.398 e. The van der Waals surface area contributed by atoms with Gasteiger partial charge in [-0.05, 0) is 24.3 Å². The smallest absolute Gasteiger partial charge is 0.0637 e. The predicted molar refractivity (Wildman–Crippen MR) is 97.3 cm³/mol. The van der Waals surface area contributed by atoms with Crippen molar-refractivity contribution in [1.29, 1.82) is 0 Å². The first-order valence-electron chi connectivity index (χ1n) is 7.54. The van der Waals surface area contributed by atoms with Crippen molar-refractivity contribution >= 4 is 23.0 Å². The molecule has 0 heterocycles. The molecule has 0 aromatic heterocycles. The number of ether oxygens (including phenoxy) is 2. The van der Waals surface area contributed by atoms with Crippen LogP contribution in [0.15, 0.2) is 42.5 Å². The first kappa shape index (κ1) is 17.6. The van der Waals surface area contributed by atoms with E-state index in [4.69, 9.17) is 26.8 Å². The van der Waals surface area contributed by atoms with Crippen LogP contribution in [0, 0.1) is 0 Å². The van der Waals surface area contributed by atoms with Crippen LogP contribution in [0.1, 0.15) is 0 Å². The lowest BCUT2D eigenvalue weighted by Crippen LogP contribution is -2.30. The Bertz CT molecular complexity index is 626. The van der Waals surface area contributed by atoms with Gasteiger partial charge in [0.2, 0.25) is 0 Å². The summed E-state index contributed by atoms with van der Waals surface area (Å²) in [6.45, 7) is 2.86. The molecule has 0 unspecified atom stereocenters. The molecule has 0 fully saturated rings. The first-order valence-corrected chi connectivity index (χ1v) is 7.92. The van der Waals surface area contributed by atoms with Crippen LogP contribution in [0.3, 0.4) is 0 Å². The molecule has 0 atom stereocenters. The summed E-state index contributed by atoms with van der Waals surface area (Å²) in [7, 11) is 3.40. The molecule has 2 rings (SSSR count). The zero-order valence-corrected chi connectivity index (χ0v) is 14.3. The molecule has 2 aromatic carbocycles. The summed E-state index contributed by atoms with van der Waals surface area (Å²) < 4.78 is 10.4. The van der Waals surface area contributed by atoms with Gasteiger partial charge in [-0.25, -0.2) is 0 Å². The Balaban J connectivity index is 2.35. The van der Waals surface area contributed by atoms with Crippen molar-refractivity contribution in [2.45, 2.75) is 0 Å². The standard InChI is InChI=1S/C18H23ClN2O2/c1-22-11-9-21(10-12-23-2)14-7-8-18(20)16(13-14)15-5-3-4-6-17(15)19/h3-8,13H,9-12,20H2,1-2H3. The van der Waals surface area contributed by atoms with E-state index in [2.05, 4.69) is 11.0 Å². The maximum Gasteiger partial charge on any atom is 0.0637 e. The number of nitrogen functional groups attached to an aromatic ring is 1. The van der Waals surface area contributed by atoms with Crippen LogP contribution in [-0.4, -0.2) is 40.5 Å². The van der Waals surface area contributed by atoms with Gasteiger partial charge in [0.1, 0.15) is 0 Å². The Labute approximate surface area is 142 Å². The monoisotopic (exact) mass is 334 g/mol. The number of halogens is 1. The topological polar surface area (TPSA) is 47.7 Å². The minimum Gasteiger partial charge on any atom is -0.398 e. The molecule has 0 bridgehead atoms. The van der Waals surface area contributed by atoms with E-state index in [-0.39, 0.29) is 0 Å². The van der Waals surface area contributed by atoms with Crippen LogP contribution in [0.2, 0.25) is 5.02 Å². The lowest BCUT2D eigenvalue weighted by atomic mass is 10.0. The average Bonchev–Trinajstić information content (AvgIpc) is 2.56. The van der Waals surface area contributed by atoms with Crippen LogP contribution >= 0.6 is 11.6 Å². The van der Waals surface area contributed by atoms with Gasteiger partial charge in [0.05, 0.1) is 13.2 Å². The van der Waals surface area contributed by atoms with Crippen LogP contribution < -0.4 is 10.6 Å². The fourth-order valence-electron chi connectivity index (χ4n) is 2.43. The minimum absolute atomic E-state index is 0.648. The molecule has 0 aliphatic rings. The van der Waals surface area contributed by atoms with Gasteiger partial charge in [-0.1, -0.05) is 29.8 Å². The van der Waals surface area contributed by atoms with Crippen molar-refractivity contribution in [3.05, 3.63) is 47.5 Å². The lowest BCUT2D eigenvalue weighted by Gasteiger charge is -2.25. The Morgan fingerprint density at radius 1 is 0.957 bits per heavy atom. The third kappa shape index (κ3) is 4.61. The summed E-state index contributed by atoms with van der Waals surface area (Å²) in [6, 6.07) is 13.7. The van der Waals surface area contributed by atoms with Gasteiger partial charge in [0.15, 0.2) is 0 Å². The summed E-state index contributed by atoms with van der Waals surface area (Å²) >= 11 is 6.32. The normalized spacial score (nSPS) is 10.7. The van der Waals surface area contributed by atoms with E-state index in [9.17, 15) is 0 Å². The summed E-state index contributed by atoms with van der Waals surface area (Å²) in [5, 5.41) is 0.691. The first-order chi connectivity index (χ1) is 11.2. The molecule has 0 saturated heterocycles. The van der Waals surface area contributed by atoms with Crippen molar-refractivity contribution in [2.24, 2.45) is 0 Å². The SMILES string of the molecule is COCCN(CCOC)c1ccc(N)c(-c2ccccc2Cl)c1. The van der Waals surface area contributed by atoms with Gasteiger partial charge in [-0.15, -0.1) is 0 Å². The highest BCUT2D eigenvalue weighted by molar-refractivity contribution is 6.33. The van der Waals surface area contributed by atoms with Crippen LogP contribution in [0.5, 0.6) is 0 Å². The number of anilines is 2. The van der Waals surface area contributed by atoms with Crippen molar-refractivity contribution in [3.8, 4) is 11.1 Å². The van der Waals surface area contributed by atoms with Crippen molar-refractivity contribution in [1.82, 2.24) is 0 Å². The molecule has 0 spiro atoms. The minimum atomic E-state index is 0.648. The van der Waals surface area contributed by atoms with Gasteiger partial charge in [0.25, 0.3) is 0 Å². The molecule has 0 aliphatic heterocycles. The fourth-order valence-corrected chi connectivity index (χ4v) is 2.66. The average molecular weight is 335 g/mol. The van der Waals surface area contributed by atoms with Gasteiger partial charge in [0, 0.05) is 54.8 Å². The third-order valence-electron chi connectivity index (χ3n) is 3.70. The van der Waals surface area contributed by atoms with E-state index in [0.29, 0.717) is 23.9 Å². The van der Waals surface area contributed by atoms with E-state index < -0.39 is 0 Å². The second-order valence-corrected chi connectivity index (χ2v) is 5.63. The highest BCUT2D eigenvalue weighted by Gasteiger charge is 2.12. The molecular formula is C18H23ClN2O2. The zero-order chi connectivity index (χ0) is 16.7. The van der Waals surface area contributed by atoms with E-state index in [1.54, 1.807) is 14.2 Å². The summed E-state index contributed by atoms with van der Waals surface area (Å²) in [5.74, 6) is 0. The number of methoxy groups -OCH3 is 2. The summed E-state index contributed by atoms with van der Waals surface area (Å²) in [5.41, 5.74) is 9.82. The van der Waals surface area contributed by atoms with Gasteiger partial charge in [-0.2, -0.15) is 0 Å². The molecule has 5 heteroatoms. The number of rotatable bonds is 8. The Morgan fingerprint density at radius 2 is 1.61 bits per heavy atom. The lowest BCUT2D eigenvalue weighted by molar-refractivity contribution is 0.190. The molecular weight excluding hydrogens is 312 g/mol. The summed E-state index contributed by atoms with van der Waals surface area (Å²) in [4.78, 5) is 2.22. The van der Waals surface area contributed by atoms with Crippen LogP contribution in [0.25, 0.3) is 11.1 Å². The van der Waals surface area contributed by atoms with Gasteiger partial charge in [-0.3, -0.25) is 0 Å². The quantitative estimate of drug-likeness (QED) is 0.748. The van der Waals surface area contributed by atoms with Gasteiger partial charge < -0.3 is 20.1 Å². The zero-order valence-electron chi connectivity index (χ0n) is 13.6. The molecule has 0 saturated carbocycles. The molecule has 2 aromatic rings. The van der Waals surface area contributed by atoms with E-state index >= 15 is 0 Å². The maximum absolute atomic E-state index is 6.32. The second-order valence-electron chi connectivity index (χ2n) is 5.22. The second kappa shape index (κ2) is 8.77. The highest BCUT2D eigenvalue weighted by Crippen LogP contribution is 2.34. The van der Waals surface area contributed by atoms with E-state index in [1.807, 2.05) is 36.4 Å². The predicted octanol–water partition coefficient (Wildman–Crippen LogP) is 3.69. The number of nitrogens with two attached hydrogens (primary N) is 1. The van der Waals surface area contributed by atoms with E-state index in [0.717, 1.165) is 29.9 Å². The molecule has 23 heavy (non-hydrogen) atoms. The maximum atomic E-state index is 6.32. The fraction of sp³-hybridized carbons (Fsp3) is 0.333. The van der Waals surface area contributed by atoms with E-state index in [1.165, 1.54) is 0 Å². The van der Waals surface area contributed by atoms with Crippen molar-refractivity contribution < 1.29 is 9.47 Å². The number of benzene rings is 2. The Kier molecular flexibility index (Phi) is 6.71. The molecule has 0 radical (unpaired) electrons.